The number of imidazole rings is 1. The van der Waals surface area contributed by atoms with Crippen molar-refractivity contribution in [1.82, 2.24) is 14.5 Å². The summed E-state index contributed by atoms with van der Waals surface area (Å²) in [5, 5.41) is 11.9. The van der Waals surface area contributed by atoms with Crippen molar-refractivity contribution in [2.45, 2.75) is 112 Å². The van der Waals surface area contributed by atoms with Crippen LogP contribution < -0.4 is 0 Å². The fourth-order valence-corrected chi connectivity index (χ4v) is 7.73. The number of fused-ring (bicyclic) bond motifs is 1. The Morgan fingerprint density at radius 1 is 0.651 bits per heavy atom. The van der Waals surface area contributed by atoms with Crippen LogP contribution in [0.5, 0.6) is 5.75 Å². The highest BCUT2D eigenvalue weighted by Gasteiger charge is 2.24. The molecule has 4 heteroatoms. The first kappa shape index (κ1) is 24.5. The third-order valence-corrected chi connectivity index (χ3v) is 11.3. The van der Waals surface area contributed by atoms with E-state index < -0.39 is 109 Å². The van der Waals surface area contributed by atoms with Crippen LogP contribution in [-0.2, 0) is 10.8 Å². The monoisotopic (exact) mass is 851 g/mol. The largest absolute Gasteiger partial charge is 0.507 e. The van der Waals surface area contributed by atoms with E-state index in [0.29, 0.717) is 55.5 Å². The van der Waals surface area contributed by atoms with Crippen LogP contribution in [0.4, 0.5) is 0 Å². The third kappa shape index (κ3) is 8.61. The van der Waals surface area contributed by atoms with E-state index in [-0.39, 0.29) is 39.6 Å². The number of pyridine rings is 1. The van der Waals surface area contributed by atoms with Gasteiger partial charge in [0.2, 0.25) is 0 Å². The molecule has 320 valence electrons. The standard InChI is InChI=1S/C59H63N3O/c1-35(2)43-28-44(36(3)4)30-45(29-43)41-19-22-53(38(6)27-41)62-54-16-14-15-50(55(54)61-57(62)51-26-37(5)25-39(7)56(51)63)46-31-47(33-49(32-46)59(11,12)13)52-34-42(23-24-60-52)40-17-20-48(21-18-40)58(8,9)10/h14-36,63H,1-13H3/i6D3,8D3,9D3,10D3,17D,18D,20D,21D,23D,24D,34D,35D,36D. The zero-order valence-corrected chi connectivity index (χ0v) is 36.9. The Morgan fingerprint density at radius 3 is 2.03 bits per heavy atom. The molecular formula is C59H63N3O. The summed E-state index contributed by atoms with van der Waals surface area (Å²) in [7, 11) is 0. The van der Waals surface area contributed by atoms with E-state index in [4.69, 9.17) is 32.4 Å². The minimum Gasteiger partial charge on any atom is -0.507 e. The lowest BCUT2D eigenvalue weighted by molar-refractivity contribution is 0.472. The van der Waals surface area contributed by atoms with E-state index in [2.05, 4.69) is 4.98 Å². The van der Waals surface area contributed by atoms with Gasteiger partial charge in [0.25, 0.3) is 0 Å². The molecule has 2 aromatic heterocycles. The maximum Gasteiger partial charge on any atom is 0.149 e. The van der Waals surface area contributed by atoms with Crippen molar-refractivity contribution in [1.29, 1.82) is 0 Å². The van der Waals surface area contributed by atoms with Crippen molar-refractivity contribution in [2.75, 3.05) is 0 Å². The van der Waals surface area contributed by atoms with Crippen molar-refractivity contribution in [3.63, 3.8) is 0 Å². The van der Waals surface area contributed by atoms with Crippen molar-refractivity contribution >= 4 is 11.0 Å². The van der Waals surface area contributed by atoms with E-state index in [1.807, 2.05) is 52.0 Å². The molecule has 0 aliphatic rings. The van der Waals surface area contributed by atoms with Gasteiger partial charge in [-0.2, -0.15) is 0 Å². The molecule has 63 heavy (non-hydrogen) atoms. The number of rotatable bonds is 8. The van der Waals surface area contributed by atoms with Gasteiger partial charge in [-0.05, 0) is 159 Å². The maximum atomic E-state index is 11.9. The predicted molar refractivity (Wildman–Crippen MR) is 267 cm³/mol. The molecule has 0 radical (unpaired) electrons. The molecule has 8 aromatic rings. The summed E-state index contributed by atoms with van der Waals surface area (Å²) in [6.45, 7) is 1.65. The average molecular weight is 851 g/mol. The van der Waals surface area contributed by atoms with Crippen LogP contribution in [0.1, 0.15) is 149 Å². The Morgan fingerprint density at radius 2 is 1.37 bits per heavy atom. The molecule has 2 heterocycles. The minimum atomic E-state index is -3.96. The smallest absolute Gasteiger partial charge is 0.149 e. The number of phenolic OH excluding ortho intramolecular Hbond substituents is 1. The molecule has 0 saturated heterocycles. The number of hydrogen-bond donors (Lipinski definition) is 1. The molecule has 0 fully saturated rings. The van der Waals surface area contributed by atoms with Crippen LogP contribution >= 0.6 is 0 Å². The average Bonchev–Trinajstić information content (AvgIpc) is 1.05. The summed E-state index contributed by atoms with van der Waals surface area (Å²) in [6, 6.07) is 17.9. The van der Waals surface area contributed by atoms with Crippen LogP contribution in [0.25, 0.3) is 72.7 Å². The first-order chi connectivity index (χ1) is 38.2. The number of aromatic hydroxyl groups is 1. The lowest BCUT2D eigenvalue weighted by Gasteiger charge is -2.22. The SMILES string of the molecule is [2H]c1nc(-c2cc(-c3cccc4c3nc(-c3cc(C)cc(C)c3O)n4-c3ccc(-c4cc(C([2H])(C)C)cc(C([2H])(C)C)c4)cc3C([2H])([2H])[2H])cc(C(C)(C)C)c2)c([2H])c(-c2c([2H])c([2H])c(C(C([2H])([2H])[2H])(C([2H])([2H])[2H])C([2H])([2H])[2H])c([2H])c2[2H])c1[2H]. The highest BCUT2D eigenvalue weighted by molar-refractivity contribution is 5.97. The molecule has 0 saturated carbocycles. The van der Waals surface area contributed by atoms with E-state index >= 15 is 0 Å². The number of phenols is 1. The molecule has 0 aliphatic carbocycles. The fourth-order valence-electron chi connectivity index (χ4n) is 7.73. The van der Waals surface area contributed by atoms with E-state index in [9.17, 15) is 6.48 Å². The second-order valence-corrected chi connectivity index (χ2v) is 17.7. The van der Waals surface area contributed by atoms with Gasteiger partial charge in [-0.25, -0.2) is 4.98 Å². The number of para-hydroxylation sites is 1. The van der Waals surface area contributed by atoms with Crippen molar-refractivity contribution < 1.29 is 33.9 Å². The molecular weight excluding hydrogens is 767 g/mol. The van der Waals surface area contributed by atoms with Crippen LogP contribution in [0.15, 0.2) is 127 Å². The van der Waals surface area contributed by atoms with Crippen molar-refractivity contribution in [3.8, 4) is 67.5 Å². The van der Waals surface area contributed by atoms with E-state index in [0.717, 1.165) is 5.56 Å². The van der Waals surface area contributed by atoms with Gasteiger partial charge in [-0.15, -0.1) is 0 Å². The highest BCUT2D eigenvalue weighted by atomic mass is 16.3. The van der Waals surface area contributed by atoms with Crippen LogP contribution in [0.3, 0.4) is 0 Å². The van der Waals surface area contributed by atoms with Gasteiger partial charge < -0.3 is 5.11 Å². The summed E-state index contributed by atoms with van der Waals surface area (Å²) >= 11 is 0. The topological polar surface area (TPSA) is 50.9 Å². The minimum absolute atomic E-state index is 0.0782. The summed E-state index contributed by atoms with van der Waals surface area (Å²) in [6.07, 6.45) is -0.787. The molecule has 6 aromatic carbocycles. The summed E-state index contributed by atoms with van der Waals surface area (Å²) < 4.78 is 185. The number of benzene rings is 6. The molecule has 0 unspecified atom stereocenters. The van der Waals surface area contributed by atoms with Crippen molar-refractivity contribution in [2.24, 2.45) is 0 Å². The molecule has 0 atom stereocenters. The lowest BCUT2D eigenvalue weighted by atomic mass is 9.83. The first-order valence-corrected chi connectivity index (χ1v) is 20.6. The number of hydrogen-bond acceptors (Lipinski definition) is 3. The Kier molecular flexibility index (Phi) is 6.41. The Hall–Kier alpha value is -6.26. The Bertz CT molecular complexity index is 3880. The molecule has 4 nitrogen and oxygen atoms in total. The van der Waals surface area contributed by atoms with Gasteiger partial charge in [0, 0.05) is 36.5 Å². The second kappa shape index (κ2) is 16.5. The number of aryl methyl sites for hydroxylation is 3. The van der Waals surface area contributed by atoms with Crippen LogP contribution in [0, 0.1) is 20.7 Å². The maximum absolute atomic E-state index is 11.9. The zero-order valence-electron chi connectivity index (χ0n) is 57.9. The number of nitrogens with zero attached hydrogens (tertiary/aromatic N) is 3. The van der Waals surface area contributed by atoms with E-state index in [1.165, 1.54) is 0 Å². The first-order valence-electron chi connectivity index (χ1n) is 31.1. The molecule has 1 N–H and O–H groups in total. The van der Waals surface area contributed by atoms with Gasteiger partial charge in [0.05, 0.1) is 37.6 Å². The summed E-state index contributed by atoms with van der Waals surface area (Å²) in [5.74, 6) is -2.06. The van der Waals surface area contributed by atoms with Gasteiger partial charge in [-0.3, -0.25) is 9.55 Å². The highest BCUT2D eigenvalue weighted by Crippen LogP contribution is 2.42. The normalized spacial score (nSPS) is 18.2. The van der Waals surface area contributed by atoms with Gasteiger partial charge in [0.1, 0.15) is 11.6 Å². The summed E-state index contributed by atoms with van der Waals surface area (Å²) in [4.78, 5) is 9.60. The van der Waals surface area contributed by atoms with E-state index in [1.54, 1.807) is 99.8 Å². The van der Waals surface area contributed by atoms with Gasteiger partial charge in [-0.1, -0.05) is 142 Å². The second-order valence-electron chi connectivity index (χ2n) is 17.7. The zero-order chi connectivity index (χ0) is 63.1. The molecule has 0 amide bonds. The van der Waals surface area contributed by atoms with Crippen molar-refractivity contribution in [3.05, 3.63) is 166 Å². The predicted octanol–water partition coefficient (Wildman–Crippen LogP) is 16.2. The van der Waals surface area contributed by atoms with Crippen LogP contribution in [-0.4, -0.2) is 19.6 Å². The fraction of sp³-hybridized carbons (Fsp3) is 0.288. The summed E-state index contributed by atoms with van der Waals surface area (Å²) in [5.41, 5.74) is -1.27. The van der Waals surface area contributed by atoms with Gasteiger partial charge in [0.15, 0.2) is 0 Å². The third-order valence-electron chi connectivity index (χ3n) is 11.3. The Balaban J connectivity index is 1.43. The molecule has 0 aliphatic heterocycles. The quantitative estimate of drug-likeness (QED) is 0.166. The molecule has 0 spiro atoms. The van der Waals surface area contributed by atoms with Gasteiger partial charge >= 0.3 is 0 Å². The number of aromatic nitrogens is 3. The Labute approximate surface area is 405 Å². The molecule has 0 bridgehead atoms. The van der Waals surface area contributed by atoms with Crippen LogP contribution in [0.2, 0.25) is 0 Å². The lowest BCUT2D eigenvalue weighted by Crippen LogP contribution is -2.11. The molecule has 8 rings (SSSR count).